The van der Waals surface area contributed by atoms with Gasteiger partial charge in [0, 0.05) is 0 Å². The van der Waals surface area contributed by atoms with E-state index in [1.54, 1.807) is 6.92 Å². The smallest absolute Gasteiger partial charge is 0.230 e. The van der Waals surface area contributed by atoms with Gasteiger partial charge in [0.2, 0.25) is 6.79 Å². The molecular weight excluding hydrogens is 164 g/mol. The molecule has 0 spiro atoms. The molecule has 0 saturated carbocycles. The highest BCUT2D eigenvalue weighted by Gasteiger charge is 1.92. The largest absolute Gasteiger partial charge is 0.463 e. The van der Waals surface area contributed by atoms with Crippen molar-refractivity contribution in [3.05, 3.63) is 42.2 Å². The first-order chi connectivity index (χ1) is 6.18. The van der Waals surface area contributed by atoms with Crippen LogP contribution in [-0.4, -0.2) is 6.79 Å². The Kier molecular flexibility index (Phi) is 3.38. The quantitative estimate of drug-likeness (QED) is 0.521. The Morgan fingerprint density at radius 2 is 1.92 bits per heavy atom. The van der Waals surface area contributed by atoms with E-state index in [1.807, 2.05) is 31.2 Å². The van der Waals surface area contributed by atoms with Crippen molar-refractivity contribution in [2.24, 2.45) is 0 Å². The highest BCUT2D eigenvalue weighted by atomic mass is 16.7. The minimum absolute atomic E-state index is 0.221. The van der Waals surface area contributed by atoms with Gasteiger partial charge < -0.3 is 9.47 Å². The number of aryl methyl sites for hydroxylation is 1. The van der Waals surface area contributed by atoms with Crippen molar-refractivity contribution in [3.8, 4) is 5.75 Å². The molecule has 0 amide bonds. The first kappa shape index (κ1) is 9.65. The van der Waals surface area contributed by atoms with E-state index in [9.17, 15) is 0 Å². The van der Waals surface area contributed by atoms with Gasteiger partial charge in [0.05, 0.1) is 5.76 Å². The number of ether oxygens (including phenoxy) is 2. The Balaban J connectivity index is 2.37. The monoisotopic (exact) mass is 178 g/mol. The zero-order chi connectivity index (χ0) is 9.68. The van der Waals surface area contributed by atoms with Gasteiger partial charge in [-0.25, -0.2) is 0 Å². The Morgan fingerprint density at radius 3 is 2.46 bits per heavy atom. The van der Waals surface area contributed by atoms with Crippen LogP contribution in [0.3, 0.4) is 0 Å². The Hall–Kier alpha value is -1.44. The van der Waals surface area contributed by atoms with Crippen LogP contribution in [0.4, 0.5) is 0 Å². The summed E-state index contributed by atoms with van der Waals surface area (Å²) in [5.74, 6) is 1.47. The molecule has 0 aromatic heterocycles. The molecule has 0 fully saturated rings. The summed E-state index contributed by atoms with van der Waals surface area (Å²) in [7, 11) is 0. The third kappa shape index (κ3) is 3.65. The van der Waals surface area contributed by atoms with Crippen molar-refractivity contribution in [3.63, 3.8) is 0 Å². The molecule has 0 heterocycles. The van der Waals surface area contributed by atoms with Gasteiger partial charge in [0.25, 0.3) is 0 Å². The van der Waals surface area contributed by atoms with Gasteiger partial charge in [-0.1, -0.05) is 24.3 Å². The maximum Gasteiger partial charge on any atom is 0.230 e. The first-order valence-corrected chi connectivity index (χ1v) is 4.16. The molecule has 0 aliphatic heterocycles. The van der Waals surface area contributed by atoms with E-state index < -0.39 is 0 Å². The molecule has 2 nitrogen and oxygen atoms in total. The Bertz CT molecular complexity index is 275. The fraction of sp³-hybridized carbons (Fsp3) is 0.273. The summed E-state index contributed by atoms with van der Waals surface area (Å²) in [4.78, 5) is 0. The molecule has 0 radical (unpaired) electrons. The summed E-state index contributed by atoms with van der Waals surface area (Å²) in [6, 6.07) is 7.82. The molecule has 0 aliphatic rings. The van der Waals surface area contributed by atoms with Gasteiger partial charge >= 0.3 is 0 Å². The molecule has 0 unspecified atom stereocenters. The number of allylic oxidation sites excluding steroid dienone is 1. The van der Waals surface area contributed by atoms with E-state index in [-0.39, 0.29) is 6.79 Å². The fourth-order valence-electron chi connectivity index (χ4n) is 0.833. The van der Waals surface area contributed by atoms with Gasteiger partial charge in [-0.3, -0.25) is 0 Å². The fourth-order valence-corrected chi connectivity index (χ4v) is 0.833. The van der Waals surface area contributed by atoms with E-state index in [4.69, 9.17) is 9.47 Å². The van der Waals surface area contributed by atoms with Crippen LogP contribution in [0.1, 0.15) is 12.5 Å². The second-order valence-corrected chi connectivity index (χ2v) is 2.92. The van der Waals surface area contributed by atoms with Gasteiger partial charge in [-0.05, 0) is 26.0 Å². The number of rotatable bonds is 4. The lowest BCUT2D eigenvalue weighted by Crippen LogP contribution is -2.00. The molecule has 13 heavy (non-hydrogen) atoms. The summed E-state index contributed by atoms with van der Waals surface area (Å²) in [5, 5.41) is 0. The van der Waals surface area contributed by atoms with E-state index in [0.717, 1.165) is 5.75 Å². The first-order valence-electron chi connectivity index (χ1n) is 4.16. The molecule has 2 heteroatoms. The van der Waals surface area contributed by atoms with Crippen LogP contribution in [0.2, 0.25) is 0 Å². The van der Waals surface area contributed by atoms with E-state index in [2.05, 4.69) is 6.58 Å². The zero-order valence-electron chi connectivity index (χ0n) is 8.04. The molecule has 0 N–H and O–H groups in total. The zero-order valence-corrected chi connectivity index (χ0v) is 8.04. The minimum Gasteiger partial charge on any atom is -0.463 e. The standard InChI is InChI=1S/C11H14O2/c1-9(2)12-8-13-11-6-4-10(3)5-7-11/h4-7H,1,8H2,2-3H3. The highest BCUT2D eigenvalue weighted by molar-refractivity contribution is 5.26. The lowest BCUT2D eigenvalue weighted by Gasteiger charge is -2.07. The molecule has 0 aliphatic carbocycles. The second kappa shape index (κ2) is 4.55. The van der Waals surface area contributed by atoms with Crippen LogP contribution in [-0.2, 0) is 4.74 Å². The van der Waals surface area contributed by atoms with Crippen LogP contribution >= 0.6 is 0 Å². The molecule has 1 aromatic rings. The SMILES string of the molecule is C=C(C)OCOc1ccc(C)cc1. The maximum absolute atomic E-state index is 5.29. The van der Waals surface area contributed by atoms with Gasteiger partial charge in [-0.15, -0.1) is 0 Å². The van der Waals surface area contributed by atoms with Crippen molar-refractivity contribution in [2.45, 2.75) is 13.8 Å². The van der Waals surface area contributed by atoms with Crippen LogP contribution in [0.15, 0.2) is 36.6 Å². The summed E-state index contributed by atoms with van der Waals surface area (Å²) in [6.45, 7) is 7.64. The lowest BCUT2D eigenvalue weighted by molar-refractivity contribution is 0.0627. The summed E-state index contributed by atoms with van der Waals surface area (Å²) in [5.41, 5.74) is 1.22. The Labute approximate surface area is 78.8 Å². The average molecular weight is 178 g/mol. The molecule has 0 saturated heterocycles. The van der Waals surface area contributed by atoms with Crippen molar-refractivity contribution >= 4 is 0 Å². The molecule has 0 atom stereocenters. The molecule has 70 valence electrons. The number of benzene rings is 1. The van der Waals surface area contributed by atoms with Crippen molar-refractivity contribution in [1.82, 2.24) is 0 Å². The maximum atomic E-state index is 5.29. The van der Waals surface area contributed by atoms with Crippen LogP contribution in [0.25, 0.3) is 0 Å². The Morgan fingerprint density at radius 1 is 1.31 bits per heavy atom. The molecule has 1 rings (SSSR count). The van der Waals surface area contributed by atoms with Crippen molar-refractivity contribution in [2.75, 3.05) is 6.79 Å². The topological polar surface area (TPSA) is 18.5 Å². The molecule has 0 bridgehead atoms. The lowest BCUT2D eigenvalue weighted by atomic mass is 10.2. The van der Waals surface area contributed by atoms with E-state index >= 15 is 0 Å². The van der Waals surface area contributed by atoms with E-state index in [0.29, 0.717) is 5.76 Å². The molecular formula is C11H14O2. The van der Waals surface area contributed by atoms with Gasteiger partial charge in [0.15, 0.2) is 0 Å². The van der Waals surface area contributed by atoms with E-state index in [1.165, 1.54) is 5.56 Å². The second-order valence-electron chi connectivity index (χ2n) is 2.92. The number of hydrogen-bond acceptors (Lipinski definition) is 2. The minimum atomic E-state index is 0.221. The van der Waals surface area contributed by atoms with Crippen molar-refractivity contribution < 1.29 is 9.47 Å². The third-order valence-electron chi connectivity index (χ3n) is 1.55. The number of hydrogen-bond donors (Lipinski definition) is 0. The summed E-state index contributed by atoms with van der Waals surface area (Å²) >= 11 is 0. The summed E-state index contributed by atoms with van der Waals surface area (Å²) in [6.07, 6.45) is 0. The average Bonchev–Trinajstić information content (AvgIpc) is 2.08. The van der Waals surface area contributed by atoms with Crippen LogP contribution in [0.5, 0.6) is 5.75 Å². The third-order valence-corrected chi connectivity index (χ3v) is 1.55. The van der Waals surface area contributed by atoms with Gasteiger partial charge in [0.1, 0.15) is 5.75 Å². The van der Waals surface area contributed by atoms with Crippen LogP contribution < -0.4 is 4.74 Å². The molecule has 1 aromatic carbocycles. The summed E-state index contributed by atoms with van der Waals surface area (Å²) < 4.78 is 10.3. The predicted molar refractivity (Wildman–Crippen MR) is 52.6 cm³/mol. The normalized spacial score (nSPS) is 9.38. The highest BCUT2D eigenvalue weighted by Crippen LogP contribution is 2.11. The van der Waals surface area contributed by atoms with Crippen LogP contribution in [0, 0.1) is 6.92 Å². The predicted octanol–water partition coefficient (Wildman–Crippen LogP) is 2.88. The van der Waals surface area contributed by atoms with Crippen molar-refractivity contribution in [1.29, 1.82) is 0 Å². The van der Waals surface area contributed by atoms with Gasteiger partial charge in [-0.2, -0.15) is 0 Å².